The van der Waals surface area contributed by atoms with Crippen molar-refractivity contribution in [2.24, 2.45) is 0 Å². The van der Waals surface area contributed by atoms with Crippen molar-refractivity contribution in [1.82, 2.24) is 20.1 Å². The summed E-state index contributed by atoms with van der Waals surface area (Å²) in [5.74, 6) is -1.04. The molecule has 3 aromatic heterocycles. The molecule has 0 aliphatic rings. The van der Waals surface area contributed by atoms with Crippen LogP contribution in [0.4, 0.5) is 4.39 Å². The van der Waals surface area contributed by atoms with Crippen molar-refractivity contribution in [3.63, 3.8) is 0 Å². The highest BCUT2D eigenvalue weighted by molar-refractivity contribution is 6.04. The minimum Gasteiger partial charge on any atom is -0.463 e. The van der Waals surface area contributed by atoms with E-state index in [1.165, 1.54) is 12.3 Å². The molecule has 1 amide bonds. The molecule has 0 spiro atoms. The van der Waals surface area contributed by atoms with Crippen LogP contribution in [0.25, 0.3) is 22.5 Å². The minimum absolute atomic E-state index is 0.0168. The van der Waals surface area contributed by atoms with Crippen LogP contribution in [-0.4, -0.2) is 33.2 Å². The Morgan fingerprint density at radius 1 is 1.24 bits per heavy atom. The number of nitrogens with one attached hydrogen (secondary N) is 1. The van der Waals surface area contributed by atoms with E-state index in [1.807, 2.05) is 13.8 Å². The van der Waals surface area contributed by atoms with Gasteiger partial charge in [-0.05, 0) is 56.2 Å². The van der Waals surface area contributed by atoms with E-state index >= 15 is 0 Å². The van der Waals surface area contributed by atoms with Gasteiger partial charge in [0.25, 0.3) is 5.91 Å². The van der Waals surface area contributed by atoms with E-state index in [-0.39, 0.29) is 24.0 Å². The second kappa shape index (κ2) is 9.23. The maximum absolute atomic E-state index is 13.7. The lowest BCUT2D eigenvalue weighted by Crippen LogP contribution is -2.28. The first kappa shape index (κ1) is 22.2. The molecule has 0 aliphatic carbocycles. The average molecular weight is 450 g/mol. The third kappa shape index (κ3) is 4.77. The summed E-state index contributed by atoms with van der Waals surface area (Å²) in [5.41, 5.74) is 2.33. The predicted octanol–water partition coefficient (Wildman–Crippen LogP) is 4.19. The normalized spacial score (nSPS) is 11.2. The topological polar surface area (TPSA) is 99.2 Å². The Hall–Kier alpha value is -4.01. The number of hydrogen-bond donors (Lipinski definition) is 1. The Bertz CT molecular complexity index is 1310. The number of amides is 1. The number of halogens is 1. The molecule has 0 radical (unpaired) electrons. The molecule has 33 heavy (non-hydrogen) atoms. The molecule has 1 N–H and O–H groups in total. The zero-order chi connectivity index (χ0) is 23.5. The molecule has 170 valence electrons. The van der Waals surface area contributed by atoms with Gasteiger partial charge in [-0.25, -0.2) is 18.9 Å². The first-order valence-electron chi connectivity index (χ1n) is 10.4. The fourth-order valence-electron chi connectivity index (χ4n) is 3.32. The smallest absolute Gasteiger partial charge is 0.339 e. The summed E-state index contributed by atoms with van der Waals surface area (Å²) in [4.78, 5) is 29.7. The van der Waals surface area contributed by atoms with Gasteiger partial charge < -0.3 is 14.5 Å². The summed E-state index contributed by atoms with van der Waals surface area (Å²) in [7, 11) is 0. The molecule has 0 saturated heterocycles. The molecular weight excluding hydrogens is 427 g/mol. The van der Waals surface area contributed by atoms with Crippen LogP contribution >= 0.6 is 0 Å². The van der Waals surface area contributed by atoms with E-state index in [0.717, 1.165) is 0 Å². The highest BCUT2D eigenvalue weighted by atomic mass is 19.1. The van der Waals surface area contributed by atoms with E-state index in [0.29, 0.717) is 33.6 Å². The molecule has 0 unspecified atom stereocenters. The lowest BCUT2D eigenvalue weighted by Gasteiger charge is -2.10. The number of esters is 1. The van der Waals surface area contributed by atoms with Crippen molar-refractivity contribution in [3.8, 4) is 11.5 Å². The molecule has 0 atom stereocenters. The Kier molecular flexibility index (Phi) is 6.21. The van der Waals surface area contributed by atoms with Gasteiger partial charge in [0.15, 0.2) is 18.0 Å². The van der Waals surface area contributed by atoms with Crippen molar-refractivity contribution in [1.29, 1.82) is 0 Å². The standard InChI is InChI=1S/C24H23FN4O4/c1-14(2)29-23-18(12-27-29)17(10-20(28-23)21-5-4-8-32-21)24(31)33-13-22(30)26-11-16-7-6-15(3)19(25)9-16/h4-10,12,14H,11,13H2,1-3H3,(H,26,30). The number of carbonyl (C=O) groups excluding carboxylic acids is 2. The Morgan fingerprint density at radius 2 is 2.06 bits per heavy atom. The molecule has 1 aromatic carbocycles. The molecule has 4 rings (SSSR count). The molecule has 0 aliphatic heterocycles. The predicted molar refractivity (Wildman–Crippen MR) is 119 cm³/mol. The molecule has 0 saturated carbocycles. The van der Waals surface area contributed by atoms with E-state index < -0.39 is 18.5 Å². The lowest BCUT2D eigenvalue weighted by molar-refractivity contribution is -0.124. The van der Waals surface area contributed by atoms with Crippen LogP contribution in [0, 0.1) is 12.7 Å². The number of pyridine rings is 1. The number of aromatic nitrogens is 3. The van der Waals surface area contributed by atoms with Gasteiger partial charge in [-0.15, -0.1) is 0 Å². The van der Waals surface area contributed by atoms with E-state index in [1.54, 1.807) is 48.1 Å². The lowest BCUT2D eigenvalue weighted by atomic mass is 10.1. The van der Waals surface area contributed by atoms with Crippen LogP contribution in [0.15, 0.2) is 53.3 Å². The van der Waals surface area contributed by atoms with Gasteiger partial charge in [0.2, 0.25) is 0 Å². The Balaban J connectivity index is 1.50. The number of hydrogen-bond acceptors (Lipinski definition) is 6. The van der Waals surface area contributed by atoms with Gasteiger partial charge in [-0.1, -0.05) is 12.1 Å². The number of furan rings is 1. The van der Waals surface area contributed by atoms with Gasteiger partial charge in [-0.2, -0.15) is 5.10 Å². The molecule has 4 aromatic rings. The van der Waals surface area contributed by atoms with Gasteiger partial charge >= 0.3 is 5.97 Å². The second-order valence-electron chi connectivity index (χ2n) is 7.89. The molecule has 3 heterocycles. The summed E-state index contributed by atoms with van der Waals surface area (Å²) in [6, 6.07) is 9.76. The maximum Gasteiger partial charge on any atom is 0.339 e. The Labute approximate surface area is 189 Å². The largest absolute Gasteiger partial charge is 0.463 e. The number of ether oxygens (including phenoxy) is 1. The fourth-order valence-corrected chi connectivity index (χ4v) is 3.32. The quantitative estimate of drug-likeness (QED) is 0.424. The van der Waals surface area contributed by atoms with Crippen molar-refractivity contribution >= 4 is 22.9 Å². The monoisotopic (exact) mass is 450 g/mol. The second-order valence-corrected chi connectivity index (χ2v) is 7.89. The average Bonchev–Trinajstić information content (AvgIpc) is 3.47. The number of fused-ring (bicyclic) bond motifs is 1. The van der Waals surface area contributed by atoms with Crippen LogP contribution in [0.5, 0.6) is 0 Å². The molecule has 8 nitrogen and oxygen atoms in total. The van der Waals surface area contributed by atoms with Gasteiger partial charge in [0, 0.05) is 12.6 Å². The highest BCUT2D eigenvalue weighted by Gasteiger charge is 2.21. The van der Waals surface area contributed by atoms with Crippen molar-refractivity contribution in [2.45, 2.75) is 33.4 Å². The number of rotatable bonds is 7. The van der Waals surface area contributed by atoms with Crippen LogP contribution < -0.4 is 5.32 Å². The molecular formula is C24H23FN4O4. The molecule has 0 fully saturated rings. The molecule has 9 heteroatoms. The van der Waals surface area contributed by atoms with Crippen molar-refractivity contribution < 1.29 is 23.1 Å². The van der Waals surface area contributed by atoms with Crippen LogP contribution in [-0.2, 0) is 16.1 Å². The third-order valence-corrected chi connectivity index (χ3v) is 5.11. The minimum atomic E-state index is -0.685. The van der Waals surface area contributed by atoms with Crippen LogP contribution in [0.3, 0.4) is 0 Å². The van der Waals surface area contributed by atoms with Gasteiger partial charge in [-0.3, -0.25) is 4.79 Å². The summed E-state index contributed by atoms with van der Waals surface area (Å²) >= 11 is 0. The van der Waals surface area contributed by atoms with Crippen molar-refractivity contribution in [2.75, 3.05) is 6.61 Å². The summed E-state index contributed by atoms with van der Waals surface area (Å²) in [5, 5.41) is 7.47. The first-order valence-corrected chi connectivity index (χ1v) is 10.4. The molecule has 0 bridgehead atoms. The highest BCUT2D eigenvalue weighted by Crippen LogP contribution is 2.27. The number of benzene rings is 1. The maximum atomic E-state index is 13.7. The third-order valence-electron chi connectivity index (χ3n) is 5.11. The van der Waals surface area contributed by atoms with Gasteiger partial charge in [0.05, 0.1) is 23.4 Å². The summed E-state index contributed by atoms with van der Waals surface area (Å²) < 4.78 is 26.0. The zero-order valence-electron chi connectivity index (χ0n) is 18.5. The van der Waals surface area contributed by atoms with E-state index in [4.69, 9.17) is 9.15 Å². The first-order chi connectivity index (χ1) is 15.8. The zero-order valence-corrected chi connectivity index (χ0v) is 18.5. The van der Waals surface area contributed by atoms with E-state index in [2.05, 4.69) is 15.4 Å². The summed E-state index contributed by atoms with van der Waals surface area (Å²) in [6.07, 6.45) is 3.07. The number of nitrogens with zero attached hydrogens (tertiary/aromatic N) is 3. The number of aryl methyl sites for hydroxylation is 1. The van der Waals surface area contributed by atoms with E-state index in [9.17, 15) is 14.0 Å². The van der Waals surface area contributed by atoms with Gasteiger partial charge in [0.1, 0.15) is 11.5 Å². The summed E-state index contributed by atoms with van der Waals surface area (Å²) in [6.45, 7) is 5.21. The Morgan fingerprint density at radius 3 is 2.76 bits per heavy atom. The van der Waals surface area contributed by atoms with Crippen LogP contribution in [0.1, 0.15) is 41.4 Å². The van der Waals surface area contributed by atoms with Crippen molar-refractivity contribution in [3.05, 3.63) is 71.4 Å². The fraction of sp³-hybridized carbons (Fsp3) is 0.250. The number of carbonyl (C=O) groups is 2. The van der Waals surface area contributed by atoms with Crippen LogP contribution in [0.2, 0.25) is 0 Å². The SMILES string of the molecule is Cc1ccc(CNC(=O)COC(=O)c2cc(-c3ccco3)nc3c2cnn3C(C)C)cc1F.